The van der Waals surface area contributed by atoms with Crippen LogP contribution in [-0.2, 0) is 16.1 Å². The molecule has 0 unspecified atom stereocenters. The molecule has 0 spiro atoms. The highest BCUT2D eigenvalue weighted by Gasteiger charge is 2.18. The fourth-order valence-corrected chi connectivity index (χ4v) is 4.00. The molecule has 0 fully saturated rings. The van der Waals surface area contributed by atoms with E-state index in [9.17, 15) is 9.59 Å². The van der Waals surface area contributed by atoms with Gasteiger partial charge in [0.2, 0.25) is 5.91 Å². The molecule has 1 N–H and O–H groups in total. The number of carbonyl (C=O) groups excluding carboxylic acids is 2. The Hall–Kier alpha value is -2.38. The number of aromatic nitrogens is 2. The lowest BCUT2D eigenvalue weighted by atomic mass is 10.2. The normalized spacial score (nSPS) is 10.9. The minimum Gasteiger partial charge on any atom is -0.465 e. The van der Waals surface area contributed by atoms with Gasteiger partial charge in [0.1, 0.15) is 11.4 Å². The second-order valence-corrected chi connectivity index (χ2v) is 7.01. The molecule has 8 heteroatoms. The molecule has 6 nitrogen and oxygen atoms in total. The summed E-state index contributed by atoms with van der Waals surface area (Å²) in [5.74, 6) is -0.650. The third kappa shape index (κ3) is 3.52. The number of hydrogen-bond acceptors (Lipinski definition) is 5. The van der Waals surface area contributed by atoms with E-state index < -0.39 is 5.97 Å². The maximum atomic E-state index is 12.2. The van der Waals surface area contributed by atoms with E-state index in [4.69, 9.17) is 16.3 Å². The average Bonchev–Trinajstić information content (AvgIpc) is 3.05. The predicted molar refractivity (Wildman–Crippen MR) is 98.5 cm³/mol. The van der Waals surface area contributed by atoms with Crippen molar-refractivity contribution in [1.29, 1.82) is 0 Å². The summed E-state index contributed by atoms with van der Waals surface area (Å²) in [6.07, 6.45) is 0. The number of halogens is 1. The summed E-state index contributed by atoms with van der Waals surface area (Å²) in [4.78, 5) is 24.3. The summed E-state index contributed by atoms with van der Waals surface area (Å²) in [6.45, 7) is 3.92. The van der Waals surface area contributed by atoms with Gasteiger partial charge < -0.3 is 10.1 Å². The Labute approximate surface area is 153 Å². The van der Waals surface area contributed by atoms with Gasteiger partial charge in [-0.2, -0.15) is 5.10 Å². The Bertz CT molecular complexity index is 977. The van der Waals surface area contributed by atoms with Gasteiger partial charge in [-0.1, -0.05) is 11.6 Å². The number of thiophene rings is 1. The van der Waals surface area contributed by atoms with Crippen molar-refractivity contribution in [2.75, 3.05) is 12.4 Å². The van der Waals surface area contributed by atoms with Gasteiger partial charge in [-0.3, -0.25) is 9.48 Å². The third-order valence-corrected chi connectivity index (χ3v) is 5.32. The molecule has 0 saturated heterocycles. The van der Waals surface area contributed by atoms with Crippen LogP contribution in [0.15, 0.2) is 24.3 Å². The van der Waals surface area contributed by atoms with Gasteiger partial charge in [0.25, 0.3) is 0 Å². The van der Waals surface area contributed by atoms with Crippen molar-refractivity contribution in [2.24, 2.45) is 0 Å². The van der Waals surface area contributed by atoms with Crippen LogP contribution in [0.3, 0.4) is 0 Å². The fraction of sp³-hybridized carbons (Fsp3) is 0.235. The number of carbonyl (C=O) groups is 2. The molecule has 0 atom stereocenters. The molecule has 25 heavy (non-hydrogen) atoms. The van der Waals surface area contributed by atoms with E-state index in [1.54, 1.807) is 22.9 Å². The smallest absolute Gasteiger partial charge is 0.349 e. The maximum absolute atomic E-state index is 12.2. The lowest BCUT2D eigenvalue weighted by Crippen LogP contribution is -2.20. The van der Waals surface area contributed by atoms with Gasteiger partial charge in [0.05, 0.1) is 17.8 Å². The monoisotopic (exact) mass is 377 g/mol. The van der Waals surface area contributed by atoms with Gasteiger partial charge in [0.15, 0.2) is 0 Å². The summed E-state index contributed by atoms with van der Waals surface area (Å²) < 4.78 is 7.18. The van der Waals surface area contributed by atoms with Crippen LogP contribution in [-0.4, -0.2) is 28.8 Å². The first-order valence-electron chi connectivity index (χ1n) is 7.50. The molecule has 0 aliphatic heterocycles. The minimum atomic E-state index is -0.471. The van der Waals surface area contributed by atoms with E-state index in [0.29, 0.717) is 15.6 Å². The number of anilines is 1. The number of amides is 1. The molecule has 0 saturated carbocycles. The highest BCUT2D eigenvalue weighted by Crippen LogP contribution is 2.37. The summed E-state index contributed by atoms with van der Waals surface area (Å²) in [5, 5.41) is 8.23. The first-order valence-corrected chi connectivity index (χ1v) is 8.69. The minimum absolute atomic E-state index is 0.135. The molecule has 0 bridgehead atoms. The molecule has 3 rings (SSSR count). The van der Waals surface area contributed by atoms with Gasteiger partial charge in [0, 0.05) is 21.5 Å². The lowest BCUT2D eigenvalue weighted by molar-refractivity contribution is -0.116. The second kappa shape index (κ2) is 6.85. The number of hydrogen-bond donors (Lipinski definition) is 1. The number of esters is 1. The Kier molecular flexibility index (Phi) is 4.78. The third-order valence-electron chi connectivity index (χ3n) is 3.68. The molecule has 0 radical (unpaired) electrons. The van der Waals surface area contributed by atoms with E-state index in [1.807, 2.05) is 19.9 Å². The zero-order valence-corrected chi connectivity index (χ0v) is 15.5. The van der Waals surface area contributed by atoms with Crippen molar-refractivity contribution in [3.8, 4) is 0 Å². The predicted octanol–water partition coefficient (Wildman–Crippen LogP) is 3.79. The molecule has 2 aromatic heterocycles. The van der Waals surface area contributed by atoms with Crippen LogP contribution < -0.4 is 5.32 Å². The van der Waals surface area contributed by atoms with E-state index in [0.717, 1.165) is 21.5 Å². The molecule has 2 heterocycles. The largest absolute Gasteiger partial charge is 0.465 e. The number of ether oxygens (including phenoxy) is 1. The molecule has 1 aromatic carbocycles. The molecular weight excluding hydrogens is 362 g/mol. The van der Waals surface area contributed by atoms with Crippen LogP contribution in [0, 0.1) is 13.8 Å². The zero-order valence-electron chi connectivity index (χ0n) is 13.9. The number of nitrogens with one attached hydrogen (secondary N) is 1. The Morgan fingerprint density at radius 3 is 2.72 bits per heavy atom. The van der Waals surface area contributed by atoms with Crippen molar-refractivity contribution in [3.63, 3.8) is 0 Å². The van der Waals surface area contributed by atoms with E-state index >= 15 is 0 Å². The second-order valence-electron chi connectivity index (χ2n) is 5.58. The van der Waals surface area contributed by atoms with Crippen molar-refractivity contribution in [3.05, 3.63) is 45.6 Å². The summed E-state index contributed by atoms with van der Waals surface area (Å²) in [5.41, 5.74) is 2.43. The number of benzene rings is 1. The number of fused-ring (bicyclic) bond motifs is 1. The Morgan fingerprint density at radius 1 is 1.32 bits per heavy atom. The summed E-state index contributed by atoms with van der Waals surface area (Å²) >= 11 is 7.46. The Morgan fingerprint density at radius 2 is 2.08 bits per heavy atom. The number of methoxy groups -OCH3 is 1. The SMILES string of the molecule is COC(=O)c1sc2cc(NC(=O)Cn3nc(C)cc3C)ccc2c1Cl. The van der Waals surface area contributed by atoms with Crippen molar-refractivity contribution < 1.29 is 14.3 Å². The summed E-state index contributed by atoms with van der Waals surface area (Å²) in [7, 11) is 1.31. The summed E-state index contributed by atoms with van der Waals surface area (Å²) in [6, 6.07) is 7.24. The first-order chi connectivity index (χ1) is 11.9. The van der Waals surface area contributed by atoms with Crippen LogP contribution in [0.5, 0.6) is 0 Å². The molecular formula is C17H16ClN3O3S. The van der Waals surface area contributed by atoms with Gasteiger partial charge in [-0.25, -0.2) is 4.79 Å². The standard InChI is InChI=1S/C17H16ClN3O3S/c1-9-6-10(2)21(20-9)8-14(22)19-11-4-5-12-13(7-11)25-16(15(12)18)17(23)24-3/h4-7H,8H2,1-3H3,(H,19,22). The van der Waals surface area contributed by atoms with Gasteiger partial charge >= 0.3 is 5.97 Å². The van der Waals surface area contributed by atoms with Crippen LogP contribution in [0.1, 0.15) is 21.1 Å². The zero-order chi connectivity index (χ0) is 18.1. The quantitative estimate of drug-likeness (QED) is 0.702. The number of aryl methyl sites for hydroxylation is 2. The Balaban J connectivity index is 1.81. The maximum Gasteiger partial charge on any atom is 0.349 e. The van der Waals surface area contributed by atoms with Crippen molar-refractivity contribution in [2.45, 2.75) is 20.4 Å². The highest BCUT2D eigenvalue weighted by molar-refractivity contribution is 7.21. The highest BCUT2D eigenvalue weighted by atomic mass is 35.5. The molecule has 130 valence electrons. The van der Waals surface area contributed by atoms with Crippen LogP contribution in [0.2, 0.25) is 5.02 Å². The van der Waals surface area contributed by atoms with Crippen molar-refractivity contribution in [1.82, 2.24) is 9.78 Å². The molecule has 3 aromatic rings. The molecule has 0 aliphatic rings. The lowest BCUT2D eigenvalue weighted by Gasteiger charge is -2.07. The van der Waals surface area contributed by atoms with E-state index in [-0.39, 0.29) is 12.5 Å². The number of nitrogens with zero attached hydrogens (tertiary/aromatic N) is 2. The van der Waals surface area contributed by atoms with Gasteiger partial charge in [-0.15, -0.1) is 11.3 Å². The topological polar surface area (TPSA) is 73.2 Å². The van der Waals surface area contributed by atoms with Crippen LogP contribution >= 0.6 is 22.9 Å². The van der Waals surface area contributed by atoms with Gasteiger partial charge in [-0.05, 0) is 38.1 Å². The number of rotatable bonds is 4. The molecule has 0 aliphatic carbocycles. The van der Waals surface area contributed by atoms with E-state index in [2.05, 4.69) is 10.4 Å². The average molecular weight is 378 g/mol. The van der Waals surface area contributed by atoms with Crippen molar-refractivity contribution >= 4 is 50.6 Å². The fourth-order valence-electron chi connectivity index (χ4n) is 2.54. The first kappa shape index (κ1) is 17.4. The molecule has 1 amide bonds. The van der Waals surface area contributed by atoms with Crippen LogP contribution in [0.25, 0.3) is 10.1 Å². The van der Waals surface area contributed by atoms with Crippen LogP contribution in [0.4, 0.5) is 5.69 Å². The van der Waals surface area contributed by atoms with E-state index in [1.165, 1.54) is 18.4 Å².